The molecule has 1 aliphatic rings. The molecule has 0 spiro atoms. The van der Waals surface area contributed by atoms with Crippen LogP contribution in [-0.4, -0.2) is 68.4 Å². The van der Waals surface area contributed by atoms with E-state index in [1.165, 1.54) is 17.0 Å². The Labute approximate surface area is 169 Å². The Balaban J connectivity index is 1.48. The molecule has 0 amide bonds. The molecule has 1 saturated heterocycles. The summed E-state index contributed by atoms with van der Waals surface area (Å²) in [5, 5.41) is 7.28. The number of hydrogen-bond acceptors (Lipinski definition) is 4. The standard InChI is InChI=1S/C19H26FN5S2/c1-23(2)9-3-8-21-18(26)24-10-12-25(13-11-24)19-22-17(14-27-19)15-4-6-16(20)7-5-15/h4-7,14H,3,8-13H2,1-2H3,(H,21,26)/p+1. The van der Waals surface area contributed by atoms with Crippen molar-refractivity contribution < 1.29 is 9.29 Å². The summed E-state index contributed by atoms with van der Waals surface area (Å²) < 4.78 is 13.1. The van der Waals surface area contributed by atoms with Gasteiger partial charge in [0.15, 0.2) is 10.2 Å². The average Bonchev–Trinajstić information content (AvgIpc) is 3.16. The van der Waals surface area contributed by atoms with Crippen LogP contribution in [0.15, 0.2) is 29.6 Å². The van der Waals surface area contributed by atoms with Crippen molar-refractivity contribution in [1.29, 1.82) is 0 Å². The van der Waals surface area contributed by atoms with E-state index < -0.39 is 0 Å². The van der Waals surface area contributed by atoms with Gasteiger partial charge in [0.25, 0.3) is 0 Å². The van der Waals surface area contributed by atoms with Gasteiger partial charge < -0.3 is 20.0 Å². The minimum Gasteiger partial charge on any atom is -0.362 e. The highest BCUT2D eigenvalue weighted by Crippen LogP contribution is 2.28. The molecule has 1 aliphatic heterocycles. The summed E-state index contributed by atoms with van der Waals surface area (Å²) >= 11 is 7.17. The molecule has 2 aromatic rings. The Kier molecular flexibility index (Phi) is 6.98. The van der Waals surface area contributed by atoms with Gasteiger partial charge in [-0.15, -0.1) is 11.3 Å². The van der Waals surface area contributed by atoms with Crippen LogP contribution in [-0.2, 0) is 0 Å². The maximum Gasteiger partial charge on any atom is 0.185 e. The summed E-state index contributed by atoms with van der Waals surface area (Å²) in [6.45, 7) is 5.67. The van der Waals surface area contributed by atoms with E-state index in [9.17, 15) is 4.39 Å². The third-order valence-electron chi connectivity index (χ3n) is 4.60. The van der Waals surface area contributed by atoms with E-state index in [-0.39, 0.29) is 5.82 Å². The molecular weight excluding hydrogens is 381 g/mol. The number of rotatable bonds is 6. The molecule has 0 saturated carbocycles. The van der Waals surface area contributed by atoms with Gasteiger partial charge in [-0.1, -0.05) is 0 Å². The first kappa shape index (κ1) is 20.0. The van der Waals surface area contributed by atoms with E-state index in [0.717, 1.165) is 67.2 Å². The number of aromatic nitrogens is 1. The van der Waals surface area contributed by atoms with Gasteiger partial charge >= 0.3 is 0 Å². The van der Waals surface area contributed by atoms with Crippen molar-refractivity contribution in [1.82, 2.24) is 15.2 Å². The number of thiocarbonyl (C=S) groups is 1. The lowest BCUT2D eigenvalue weighted by Crippen LogP contribution is -3.05. The van der Waals surface area contributed by atoms with Gasteiger partial charge in [0.05, 0.1) is 26.3 Å². The van der Waals surface area contributed by atoms with Crippen molar-refractivity contribution in [2.24, 2.45) is 0 Å². The highest BCUT2D eigenvalue weighted by atomic mass is 32.1. The molecule has 0 bridgehead atoms. The lowest BCUT2D eigenvalue weighted by Gasteiger charge is -2.36. The minimum absolute atomic E-state index is 0.224. The normalized spacial score (nSPS) is 14.7. The number of anilines is 1. The van der Waals surface area contributed by atoms with Crippen LogP contribution in [0.25, 0.3) is 11.3 Å². The van der Waals surface area contributed by atoms with Crippen molar-refractivity contribution in [3.05, 3.63) is 35.5 Å². The SMILES string of the molecule is C[NH+](C)CCCNC(=S)N1CCN(c2nc(-c3ccc(F)cc3)cs2)CC1. The number of benzene rings is 1. The second kappa shape index (κ2) is 9.43. The fraction of sp³-hybridized carbons (Fsp3) is 0.474. The number of piperazine rings is 1. The summed E-state index contributed by atoms with van der Waals surface area (Å²) in [6.07, 6.45) is 1.12. The first-order chi connectivity index (χ1) is 13.0. The molecule has 1 aromatic heterocycles. The predicted octanol–water partition coefficient (Wildman–Crippen LogP) is 1.48. The number of nitrogens with one attached hydrogen (secondary N) is 2. The molecular formula is C19H27FN5S2+. The van der Waals surface area contributed by atoms with Gasteiger partial charge in [0.1, 0.15) is 5.82 Å². The first-order valence-electron chi connectivity index (χ1n) is 9.31. The third-order valence-corrected chi connectivity index (χ3v) is 5.90. The van der Waals surface area contributed by atoms with Crippen LogP contribution in [0.5, 0.6) is 0 Å². The zero-order valence-electron chi connectivity index (χ0n) is 15.9. The molecule has 27 heavy (non-hydrogen) atoms. The summed E-state index contributed by atoms with van der Waals surface area (Å²) in [7, 11) is 4.33. The molecule has 0 unspecified atom stereocenters. The second-order valence-electron chi connectivity index (χ2n) is 7.04. The molecule has 0 radical (unpaired) electrons. The van der Waals surface area contributed by atoms with Gasteiger partial charge in [-0.2, -0.15) is 0 Å². The third kappa shape index (κ3) is 5.60. The predicted molar refractivity (Wildman–Crippen MR) is 114 cm³/mol. The smallest absolute Gasteiger partial charge is 0.185 e. The summed E-state index contributed by atoms with van der Waals surface area (Å²) in [4.78, 5) is 10.7. The molecule has 1 fully saturated rings. The number of nitrogens with zero attached hydrogens (tertiary/aromatic N) is 3. The molecule has 8 heteroatoms. The van der Waals surface area contributed by atoms with Gasteiger partial charge in [0, 0.05) is 50.1 Å². The maximum absolute atomic E-state index is 13.1. The van der Waals surface area contributed by atoms with Gasteiger partial charge in [0.2, 0.25) is 0 Å². The summed E-state index contributed by atoms with van der Waals surface area (Å²) in [6, 6.07) is 6.49. The highest BCUT2D eigenvalue weighted by Gasteiger charge is 2.21. The van der Waals surface area contributed by atoms with E-state index >= 15 is 0 Å². The Morgan fingerprint density at radius 3 is 2.59 bits per heavy atom. The fourth-order valence-corrected chi connectivity index (χ4v) is 4.19. The topological polar surface area (TPSA) is 35.8 Å². The van der Waals surface area contributed by atoms with Crippen LogP contribution < -0.4 is 15.1 Å². The van der Waals surface area contributed by atoms with E-state index in [0.29, 0.717) is 0 Å². The molecule has 5 nitrogen and oxygen atoms in total. The molecule has 1 aromatic carbocycles. The van der Waals surface area contributed by atoms with Crippen LogP contribution in [0.2, 0.25) is 0 Å². The molecule has 3 rings (SSSR count). The molecule has 0 aliphatic carbocycles. The average molecular weight is 409 g/mol. The second-order valence-corrected chi connectivity index (χ2v) is 8.26. The van der Waals surface area contributed by atoms with Crippen LogP contribution >= 0.6 is 23.6 Å². The lowest BCUT2D eigenvalue weighted by atomic mass is 10.2. The maximum atomic E-state index is 13.1. The van der Waals surface area contributed by atoms with Crippen molar-refractivity contribution in [3.8, 4) is 11.3 Å². The quantitative estimate of drug-likeness (QED) is 0.559. The van der Waals surface area contributed by atoms with E-state index in [4.69, 9.17) is 17.2 Å². The molecule has 2 heterocycles. The van der Waals surface area contributed by atoms with E-state index in [1.54, 1.807) is 23.5 Å². The minimum atomic E-state index is -0.224. The van der Waals surface area contributed by atoms with Gasteiger partial charge in [-0.05, 0) is 36.5 Å². The number of halogens is 1. The zero-order valence-corrected chi connectivity index (χ0v) is 17.5. The van der Waals surface area contributed by atoms with Gasteiger partial charge in [-0.3, -0.25) is 0 Å². The molecule has 146 valence electrons. The number of quaternary nitrogens is 1. The van der Waals surface area contributed by atoms with Crippen molar-refractivity contribution >= 4 is 33.8 Å². The van der Waals surface area contributed by atoms with Crippen molar-refractivity contribution in [2.75, 3.05) is 58.3 Å². The Bertz CT molecular complexity index is 739. The monoisotopic (exact) mass is 408 g/mol. The largest absolute Gasteiger partial charge is 0.362 e. The lowest BCUT2D eigenvalue weighted by molar-refractivity contribution is -0.858. The van der Waals surface area contributed by atoms with Crippen LogP contribution in [0.3, 0.4) is 0 Å². The van der Waals surface area contributed by atoms with Crippen LogP contribution in [0.4, 0.5) is 9.52 Å². The molecule has 2 N–H and O–H groups in total. The summed E-state index contributed by atoms with van der Waals surface area (Å²) in [5.74, 6) is -0.224. The van der Waals surface area contributed by atoms with Crippen molar-refractivity contribution in [3.63, 3.8) is 0 Å². The van der Waals surface area contributed by atoms with E-state index in [1.807, 2.05) is 5.38 Å². The first-order valence-corrected chi connectivity index (χ1v) is 10.6. The van der Waals surface area contributed by atoms with Crippen molar-refractivity contribution in [2.45, 2.75) is 6.42 Å². The highest BCUT2D eigenvalue weighted by molar-refractivity contribution is 7.80. The number of hydrogen-bond donors (Lipinski definition) is 2. The Morgan fingerprint density at radius 1 is 1.22 bits per heavy atom. The van der Waals surface area contributed by atoms with E-state index in [2.05, 4.69) is 29.2 Å². The van der Waals surface area contributed by atoms with Gasteiger partial charge in [-0.25, -0.2) is 9.37 Å². The number of thiazole rings is 1. The Morgan fingerprint density at radius 2 is 1.93 bits per heavy atom. The Hall–Kier alpha value is -1.77. The summed E-state index contributed by atoms with van der Waals surface area (Å²) in [5.41, 5.74) is 1.85. The van der Waals surface area contributed by atoms with Crippen LogP contribution in [0, 0.1) is 5.82 Å². The zero-order chi connectivity index (χ0) is 19.2. The fourth-order valence-electron chi connectivity index (χ4n) is 3.01. The van der Waals surface area contributed by atoms with Crippen LogP contribution in [0.1, 0.15) is 6.42 Å². The molecule has 0 atom stereocenters.